The van der Waals surface area contributed by atoms with Crippen molar-refractivity contribution in [1.29, 1.82) is 0 Å². The number of benzene rings is 1. The van der Waals surface area contributed by atoms with Crippen LogP contribution in [0.4, 0.5) is 0 Å². The van der Waals surface area contributed by atoms with Crippen LogP contribution in [0.25, 0.3) is 0 Å². The molecule has 1 aromatic rings. The summed E-state index contributed by atoms with van der Waals surface area (Å²) in [6, 6.07) is 2.49. The van der Waals surface area contributed by atoms with Gasteiger partial charge in [-0.05, 0) is 17.7 Å². The van der Waals surface area contributed by atoms with Gasteiger partial charge >= 0.3 is 0 Å². The van der Waals surface area contributed by atoms with Crippen LogP contribution in [0.2, 0.25) is 0 Å². The third kappa shape index (κ3) is 2.91. The first kappa shape index (κ1) is 13.8. The number of ether oxygens (including phenoxy) is 1. The largest absolute Gasteiger partial charge is 0.504 e. The Kier molecular flexibility index (Phi) is 4.80. The van der Waals surface area contributed by atoms with Gasteiger partial charge in [0.2, 0.25) is 0 Å². The molecule has 2 unspecified atom stereocenters. The molecule has 0 fully saturated rings. The number of aromatic hydroxyl groups is 1. The molecule has 6 heteroatoms. The highest BCUT2D eigenvalue weighted by molar-refractivity contribution is 7.80. The Morgan fingerprint density at radius 3 is 2.59 bits per heavy atom. The third-order valence-electron chi connectivity index (χ3n) is 2.38. The number of carbonyl (C=O) groups excluding carboxylic acids is 1. The van der Waals surface area contributed by atoms with Crippen LogP contribution in [0.3, 0.4) is 0 Å². The first-order valence-corrected chi connectivity index (χ1v) is 5.51. The van der Waals surface area contributed by atoms with E-state index in [2.05, 4.69) is 12.6 Å². The summed E-state index contributed by atoms with van der Waals surface area (Å²) in [6.45, 7) is 0. The number of phenols is 1. The predicted molar refractivity (Wildman–Crippen MR) is 64.9 cm³/mol. The lowest BCUT2D eigenvalue weighted by molar-refractivity contribution is 0.0332. The van der Waals surface area contributed by atoms with Gasteiger partial charge in [0.05, 0.1) is 13.2 Å². The number of thiol groups is 1. The van der Waals surface area contributed by atoms with Gasteiger partial charge in [-0.25, -0.2) is 0 Å². The average Bonchev–Trinajstić information content (AvgIpc) is 2.36. The molecule has 94 valence electrons. The van der Waals surface area contributed by atoms with E-state index in [-0.39, 0.29) is 28.4 Å². The normalized spacial score (nSPS) is 14.1. The van der Waals surface area contributed by atoms with E-state index in [9.17, 15) is 20.1 Å². The second kappa shape index (κ2) is 5.90. The first-order chi connectivity index (χ1) is 8.04. The van der Waals surface area contributed by atoms with Crippen molar-refractivity contribution in [2.75, 3.05) is 12.9 Å². The fraction of sp³-hybridized carbons (Fsp3) is 0.364. The smallest absolute Gasteiger partial charge is 0.160 e. The van der Waals surface area contributed by atoms with Crippen LogP contribution in [-0.2, 0) is 0 Å². The number of aliphatic hydroxyl groups is 2. The Labute approximate surface area is 104 Å². The Hall–Kier alpha value is -1.24. The van der Waals surface area contributed by atoms with Crippen LogP contribution in [0.5, 0.6) is 11.5 Å². The van der Waals surface area contributed by atoms with Crippen molar-refractivity contribution in [1.82, 2.24) is 0 Å². The van der Waals surface area contributed by atoms with Crippen molar-refractivity contribution < 1.29 is 24.9 Å². The van der Waals surface area contributed by atoms with Gasteiger partial charge < -0.3 is 20.1 Å². The van der Waals surface area contributed by atoms with E-state index in [0.29, 0.717) is 6.29 Å². The van der Waals surface area contributed by atoms with E-state index < -0.39 is 12.2 Å². The zero-order valence-electron chi connectivity index (χ0n) is 9.20. The number of aliphatic hydroxyl groups excluding tert-OH is 2. The molecule has 3 N–H and O–H groups in total. The molecule has 2 atom stereocenters. The topological polar surface area (TPSA) is 87.0 Å². The van der Waals surface area contributed by atoms with Crippen molar-refractivity contribution in [3.05, 3.63) is 23.3 Å². The maximum absolute atomic E-state index is 10.8. The Morgan fingerprint density at radius 2 is 2.12 bits per heavy atom. The van der Waals surface area contributed by atoms with Gasteiger partial charge in [0.25, 0.3) is 0 Å². The van der Waals surface area contributed by atoms with Crippen molar-refractivity contribution >= 4 is 18.9 Å². The highest BCUT2D eigenvalue weighted by atomic mass is 32.1. The van der Waals surface area contributed by atoms with E-state index in [1.54, 1.807) is 0 Å². The standard InChI is InChI=1S/C11H14O5S/c1-16-10-3-7(11(15)9(14)5-17)6(4-12)2-8(10)13/h2-4,9,11,13-15,17H,5H2,1H3. The first-order valence-electron chi connectivity index (χ1n) is 4.88. The van der Waals surface area contributed by atoms with Gasteiger partial charge in [-0.3, -0.25) is 4.79 Å². The summed E-state index contributed by atoms with van der Waals surface area (Å²) < 4.78 is 4.87. The number of aldehydes is 1. The highest BCUT2D eigenvalue weighted by Gasteiger charge is 2.22. The molecule has 0 amide bonds. The molecule has 0 saturated carbocycles. The van der Waals surface area contributed by atoms with Crippen molar-refractivity contribution in [3.8, 4) is 11.5 Å². The molecule has 0 spiro atoms. The van der Waals surface area contributed by atoms with Crippen LogP contribution >= 0.6 is 12.6 Å². The zero-order chi connectivity index (χ0) is 13.0. The molecule has 0 radical (unpaired) electrons. The summed E-state index contributed by atoms with van der Waals surface area (Å²) in [4.78, 5) is 10.8. The van der Waals surface area contributed by atoms with Crippen LogP contribution in [0.1, 0.15) is 22.0 Å². The minimum absolute atomic E-state index is 0.0443. The molecule has 0 heterocycles. The van der Waals surface area contributed by atoms with Crippen molar-refractivity contribution in [2.24, 2.45) is 0 Å². The summed E-state index contributed by atoms with van der Waals surface area (Å²) in [5.41, 5.74) is 0.285. The molecule has 0 aliphatic heterocycles. The highest BCUT2D eigenvalue weighted by Crippen LogP contribution is 2.32. The Bertz CT molecular complexity index is 407. The summed E-state index contributed by atoms with van der Waals surface area (Å²) in [6.07, 6.45) is -1.88. The number of phenolic OH excluding ortho intramolecular Hbond substituents is 1. The molecule has 0 aliphatic rings. The number of hydrogen-bond acceptors (Lipinski definition) is 6. The van der Waals surface area contributed by atoms with Crippen LogP contribution in [0.15, 0.2) is 12.1 Å². The molecule has 0 saturated heterocycles. The van der Waals surface area contributed by atoms with E-state index in [1.807, 2.05) is 0 Å². The lowest BCUT2D eigenvalue weighted by Crippen LogP contribution is -2.21. The van der Waals surface area contributed by atoms with E-state index >= 15 is 0 Å². The monoisotopic (exact) mass is 258 g/mol. The van der Waals surface area contributed by atoms with E-state index in [0.717, 1.165) is 0 Å². The van der Waals surface area contributed by atoms with Gasteiger partial charge in [0, 0.05) is 11.3 Å². The van der Waals surface area contributed by atoms with Gasteiger partial charge in [0.1, 0.15) is 6.10 Å². The molecule has 17 heavy (non-hydrogen) atoms. The molecule has 0 bridgehead atoms. The third-order valence-corrected chi connectivity index (χ3v) is 2.76. The van der Waals surface area contributed by atoms with Gasteiger partial charge in [-0.1, -0.05) is 0 Å². The molecule has 0 aromatic heterocycles. The maximum Gasteiger partial charge on any atom is 0.160 e. The summed E-state index contributed by atoms with van der Waals surface area (Å²) in [7, 11) is 1.35. The van der Waals surface area contributed by atoms with Crippen molar-refractivity contribution in [2.45, 2.75) is 12.2 Å². The lowest BCUT2D eigenvalue weighted by atomic mass is 9.99. The second-order valence-electron chi connectivity index (χ2n) is 3.47. The molecular formula is C11H14O5S. The minimum Gasteiger partial charge on any atom is -0.504 e. The van der Waals surface area contributed by atoms with Gasteiger partial charge in [-0.2, -0.15) is 12.6 Å². The molecule has 1 rings (SSSR count). The predicted octanol–water partition coefficient (Wildman–Crippen LogP) is 0.537. The fourth-order valence-corrected chi connectivity index (χ4v) is 1.63. The zero-order valence-corrected chi connectivity index (χ0v) is 10.1. The average molecular weight is 258 g/mol. The van der Waals surface area contributed by atoms with Gasteiger partial charge in [0.15, 0.2) is 17.8 Å². The Balaban J connectivity index is 3.25. The van der Waals surface area contributed by atoms with Crippen LogP contribution in [0, 0.1) is 0 Å². The van der Waals surface area contributed by atoms with Gasteiger partial charge in [-0.15, -0.1) is 0 Å². The molecule has 5 nitrogen and oxygen atoms in total. The summed E-state index contributed by atoms with van der Waals surface area (Å²) in [5, 5.41) is 28.8. The number of methoxy groups -OCH3 is 1. The van der Waals surface area contributed by atoms with Crippen LogP contribution in [-0.4, -0.2) is 40.6 Å². The quantitative estimate of drug-likeness (QED) is 0.457. The maximum atomic E-state index is 10.8. The molecular weight excluding hydrogens is 244 g/mol. The SMILES string of the molecule is COc1cc(C(O)C(O)CS)c(C=O)cc1O. The van der Waals surface area contributed by atoms with E-state index in [4.69, 9.17) is 4.74 Å². The number of carbonyl (C=O) groups is 1. The number of hydrogen-bond donors (Lipinski definition) is 4. The number of rotatable bonds is 5. The van der Waals surface area contributed by atoms with Crippen molar-refractivity contribution in [3.63, 3.8) is 0 Å². The molecule has 1 aromatic carbocycles. The minimum atomic E-state index is -1.26. The fourth-order valence-electron chi connectivity index (χ4n) is 1.43. The second-order valence-corrected chi connectivity index (χ2v) is 3.83. The lowest BCUT2D eigenvalue weighted by Gasteiger charge is -2.19. The summed E-state index contributed by atoms with van der Waals surface area (Å²) in [5.74, 6) is -0.0372. The molecule has 0 aliphatic carbocycles. The summed E-state index contributed by atoms with van der Waals surface area (Å²) >= 11 is 3.86. The van der Waals surface area contributed by atoms with Crippen LogP contribution < -0.4 is 4.74 Å². The Morgan fingerprint density at radius 1 is 1.47 bits per heavy atom. The van der Waals surface area contributed by atoms with E-state index in [1.165, 1.54) is 19.2 Å².